The number of carbonyl (C=O) groups is 3. The topological polar surface area (TPSA) is 109 Å². The van der Waals surface area contributed by atoms with Crippen LogP contribution in [0.1, 0.15) is 29.8 Å². The number of anilines is 2. The van der Waals surface area contributed by atoms with Crippen molar-refractivity contribution < 1.29 is 23.5 Å². The maximum absolute atomic E-state index is 13.7. The van der Waals surface area contributed by atoms with Gasteiger partial charge in [0.15, 0.2) is 6.61 Å². The van der Waals surface area contributed by atoms with Gasteiger partial charge >= 0.3 is 6.03 Å². The highest BCUT2D eigenvalue weighted by Gasteiger charge is 2.14. The molecule has 0 unspecified atom stereocenters. The minimum Gasteiger partial charge on any atom is -0.483 e. The SMILES string of the molecule is CC(C)NC(=O)Nc1ccc(CNC(=O)c2ccccc2OCC(=O)Nc2ccccc2F)cc1. The second kappa shape index (κ2) is 12.2. The van der Waals surface area contributed by atoms with E-state index in [4.69, 9.17) is 4.74 Å². The van der Waals surface area contributed by atoms with E-state index < -0.39 is 18.3 Å². The lowest BCUT2D eigenvalue weighted by atomic mass is 10.1. The number of hydrogen-bond acceptors (Lipinski definition) is 4. The number of para-hydroxylation sites is 2. The Balaban J connectivity index is 1.53. The van der Waals surface area contributed by atoms with Crippen LogP contribution in [0.15, 0.2) is 72.8 Å². The van der Waals surface area contributed by atoms with Gasteiger partial charge in [0.1, 0.15) is 11.6 Å². The molecule has 182 valence electrons. The van der Waals surface area contributed by atoms with Gasteiger partial charge in [-0.05, 0) is 55.8 Å². The highest BCUT2D eigenvalue weighted by molar-refractivity contribution is 5.97. The first-order chi connectivity index (χ1) is 16.8. The van der Waals surface area contributed by atoms with E-state index in [2.05, 4.69) is 21.3 Å². The van der Waals surface area contributed by atoms with Gasteiger partial charge < -0.3 is 26.0 Å². The summed E-state index contributed by atoms with van der Waals surface area (Å²) in [6.45, 7) is 3.60. The quantitative estimate of drug-likeness (QED) is 0.368. The third kappa shape index (κ3) is 7.85. The smallest absolute Gasteiger partial charge is 0.319 e. The maximum Gasteiger partial charge on any atom is 0.319 e. The van der Waals surface area contributed by atoms with Gasteiger partial charge in [0.2, 0.25) is 0 Å². The van der Waals surface area contributed by atoms with Crippen molar-refractivity contribution in [3.05, 3.63) is 89.7 Å². The third-order valence-electron chi connectivity index (χ3n) is 4.72. The summed E-state index contributed by atoms with van der Waals surface area (Å²) >= 11 is 0. The van der Waals surface area contributed by atoms with E-state index in [1.165, 1.54) is 18.2 Å². The van der Waals surface area contributed by atoms with Crippen LogP contribution in [0.5, 0.6) is 5.75 Å². The Labute approximate surface area is 202 Å². The number of nitrogens with one attached hydrogen (secondary N) is 4. The molecule has 0 aliphatic carbocycles. The van der Waals surface area contributed by atoms with Gasteiger partial charge in [0.25, 0.3) is 11.8 Å². The van der Waals surface area contributed by atoms with Crippen molar-refractivity contribution in [2.45, 2.75) is 26.4 Å². The zero-order valence-electron chi connectivity index (χ0n) is 19.4. The molecule has 0 spiro atoms. The van der Waals surface area contributed by atoms with E-state index in [0.29, 0.717) is 5.69 Å². The zero-order chi connectivity index (χ0) is 25.2. The molecule has 0 radical (unpaired) electrons. The lowest BCUT2D eigenvalue weighted by Gasteiger charge is -2.13. The summed E-state index contributed by atoms with van der Waals surface area (Å²) in [5, 5.41) is 10.7. The van der Waals surface area contributed by atoms with Crippen molar-refractivity contribution in [1.29, 1.82) is 0 Å². The van der Waals surface area contributed by atoms with Crippen LogP contribution >= 0.6 is 0 Å². The number of rotatable bonds is 9. The van der Waals surface area contributed by atoms with Crippen molar-refractivity contribution in [3.63, 3.8) is 0 Å². The Kier molecular flexibility index (Phi) is 8.77. The molecule has 8 nitrogen and oxygen atoms in total. The Morgan fingerprint density at radius 3 is 2.29 bits per heavy atom. The molecule has 3 aromatic rings. The van der Waals surface area contributed by atoms with Crippen LogP contribution in [0.3, 0.4) is 0 Å². The standard InChI is InChI=1S/C26H27FN4O4/c1-17(2)29-26(34)30-19-13-11-18(12-14-19)15-28-25(33)20-7-3-6-10-23(20)35-16-24(32)31-22-9-5-4-8-21(22)27/h3-14,17H,15-16H2,1-2H3,(H,28,33)(H,31,32)(H2,29,30,34). The molecule has 9 heteroatoms. The zero-order valence-corrected chi connectivity index (χ0v) is 19.4. The lowest BCUT2D eigenvalue weighted by Crippen LogP contribution is -2.34. The minimum atomic E-state index is -0.555. The first-order valence-corrected chi connectivity index (χ1v) is 11.0. The first kappa shape index (κ1) is 25.2. The average Bonchev–Trinajstić information content (AvgIpc) is 2.83. The number of amides is 4. The normalized spacial score (nSPS) is 10.4. The van der Waals surface area contributed by atoms with Gasteiger partial charge in [-0.1, -0.05) is 36.4 Å². The monoisotopic (exact) mass is 478 g/mol. The average molecular weight is 479 g/mol. The molecule has 0 aliphatic rings. The van der Waals surface area contributed by atoms with Crippen LogP contribution in [0.25, 0.3) is 0 Å². The van der Waals surface area contributed by atoms with Crippen molar-refractivity contribution in [2.24, 2.45) is 0 Å². The number of hydrogen-bond donors (Lipinski definition) is 4. The van der Waals surface area contributed by atoms with Crippen molar-refractivity contribution >= 4 is 29.2 Å². The fourth-order valence-electron chi connectivity index (χ4n) is 3.09. The number of urea groups is 1. The van der Waals surface area contributed by atoms with E-state index >= 15 is 0 Å². The molecule has 0 saturated carbocycles. The van der Waals surface area contributed by atoms with Gasteiger partial charge in [-0.25, -0.2) is 9.18 Å². The van der Waals surface area contributed by atoms with E-state index in [1.54, 1.807) is 54.6 Å². The van der Waals surface area contributed by atoms with E-state index in [-0.39, 0.29) is 41.5 Å². The summed E-state index contributed by atoms with van der Waals surface area (Å²) < 4.78 is 19.2. The van der Waals surface area contributed by atoms with Gasteiger partial charge in [-0.2, -0.15) is 0 Å². The summed E-state index contributed by atoms with van der Waals surface area (Å²) in [7, 11) is 0. The molecule has 0 atom stereocenters. The predicted octanol–water partition coefficient (Wildman–Crippen LogP) is 4.30. The number of carbonyl (C=O) groups excluding carboxylic acids is 3. The number of halogens is 1. The molecule has 0 aromatic heterocycles. The molecule has 3 aromatic carbocycles. The molecular weight excluding hydrogens is 451 g/mol. The van der Waals surface area contributed by atoms with Gasteiger partial charge in [-0.15, -0.1) is 0 Å². The highest BCUT2D eigenvalue weighted by Crippen LogP contribution is 2.19. The van der Waals surface area contributed by atoms with Crippen LogP contribution in [-0.2, 0) is 11.3 Å². The third-order valence-corrected chi connectivity index (χ3v) is 4.72. The van der Waals surface area contributed by atoms with Gasteiger partial charge in [-0.3, -0.25) is 9.59 Å². The molecule has 0 saturated heterocycles. The van der Waals surface area contributed by atoms with Crippen molar-refractivity contribution in [2.75, 3.05) is 17.2 Å². The molecule has 0 aliphatic heterocycles. The molecule has 3 rings (SSSR count). The fourth-order valence-corrected chi connectivity index (χ4v) is 3.09. The number of benzene rings is 3. The summed E-state index contributed by atoms with van der Waals surface area (Å²) in [6.07, 6.45) is 0. The Morgan fingerprint density at radius 1 is 0.886 bits per heavy atom. The maximum atomic E-state index is 13.7. The minimum absolute atomic E-state index is 0.0255. The number of ether oxygens (including phenoxy) is 1. The van der Waals surface area contributed by atoms with Gasteiger partial charge in [0.05, 0.1) is 11.3 Å². The first-order valence-electron chi connectivity index (χ1n) is 11.0. The lowest BCUT2D eigenvalue weighted by molar-refractivity contribution is -0.118. The van der Waals surface area contributed by atoms with Crippen LogP contribution in [0.4, 0.5) is 20.6 Å². The molecule has 35 heavy (non-hydrogen) atoms. The fraction of sp³-hybridized carbons (Fsp3) is 0.192. The van der Waals surface area contributed by atoms with Crippen LogP contribution in [0, 0.1) is 5.82 Å². The summed E-state index contributed by atoms with van der Waals surface area (Å²) in [4.78, 5) is 36.7. The Morgan fingerprint density at radius 2 is 1.57 bits per heavy atom. The Bertz CT molecular complexity index is 1180. The second-order valence-electron chi connectivity index (χ2n) is 7.95. The molecule has 4 N–H and O–H groups in total. The van der Waals surface area contributed by atoms with Gasteiger partial charge in [0, 0.05) is 18.3 Å². The van der Waals surface area contributed by atoms with E-state index in [9.17, 15) is 18.8 Å². The largest absolute Gasteiger partial charge is 0.483 e. The summed E-state index contributed by atoms with van der Waals surface area (Å²) in [5.41, 5.74) is 1.77. The summed E-state index contributed by atoms with van der Waals surface area (Å²) in [5.74, 6) is -1.26. The van der Waals surface area contributed by atoms with Crippen molar-refractivity contribution in [1.82, 2.24) is 10.6 Å². The van der Waals surface area contributed by atoms with E-state index in [1.807, 2.05) is 13.8 Å². The molecule has 0 heterocycles. The van der Waals surface area contributed by atoms with Crippen LogP contribution in [0.2, 0.25) is 0 Å². The summed E-state index contributed by atoms with van der Waals surface area (Å²) in [6, 6.07) is 19.1. The molecule has 4 amide bonds. The van der Waals surface area contributed by atoms with Crippen molar-refractivity contribution in [3.8, 4) is 5.75 Å². The van der Waals surface area contributed by atoms with Crippen LogP contribution < -0.4 is 26.0 Å². The molecule has 0 bridgehead atoms. The molecular formula is C26H27FN4O4. The van der Waals surface area contributed by atoms with E-state index in [0.717, 1.165) is 5.56 Å². The predicted molar refractivity (Wildman–Crippen MR) is 132 cm³/mol. The molecule has 0 fully saturated rings. The highest BCUT2D eigenvalue weighted by atomic mass is 19.1. The van der Waals surface area contributed by atoms with Crippen LogP contribution in [-0.4, -0.2) is 30.5 Å². The Hall–Kier alpha value is -4.40. The second-order valence-corrected chi connectivity index (χ2v) is 7.95.